The molecule has 0 radical (unpaired) electrons. The highest BCUT2D eigenvalue weighted by Gasteiger charge is 2.29. The van der Waals surface area contributed by atoms with Gasteiger partial charge in [0.05, 0.1) is 12.0 Å². The fourth-order valence-corrected chi connectivity index (χ4v) is 1.88. The molecule has 1 aromatic rings. The van der Waals surface area contributed by atoms with Gasteiger partial charge in [-0.25, -0.2) is 4.98 Å². The number of anilines is 1. The van der Waals surface area contributed by atoms with Gasteiger partial charge in [0.1, 0.15) is 6.33 Å². The molecule has 0 aliphatic heterocycles. The van der Waals surface area contributed by atoms with Crippen molar-refractivity contribution in [2.24, 2.45) is 0 Å². The molecule has 1 heterocycles. The molecule has 0 aromatic carbocycles. The van der Waals surface area contributed by atoms with E-state index in [1.165, 1.54) is 13.4 Å². The fourth-order valence-electron chi connectivity index (χ4n) is 1.88. The van der Waals surface area contributed by atoms with E-state index in [1.54, 1.807) is 4.90 Å². The second-order valence-electron chi connectivity index (χ2n) is 4.60. The van der Waals surface area contributed by atoms with Crippen LogP contribution in [0.3, 0.4) is 0 Å². The van der Waals surface area contributed by atoms with Crippen LogP contribution in [0, 0.1) is 10.1 Å². The summed E-state index contributed by atoms with van der Waals surface area (Å²) in [6.45, 7) is 4.03. The zero-order valence-electron chi connectivity index (χ0n) is 12.1. The lowest BCUT2D eigenvalue weighted by molar-refractivity contribution is -0.385. The van der Waals surface area contributed by atoms with Crippen molar-refractivity contribution in [1.82, 2.24) is 9.97 Å². The quantitative estimate of drug-likeness (QED) is 0.566. The van der Waals surface area contributed by atoms with E-state index in [4.69, 9.17) is 9.84 Å². The Morgan fingerprint density at radius 3 is 2.67 bits per heavy atom. The van der Waals surface area contributed by atoms with Gasteiger partial charge in [0.2, 0.25) is 5.82 Å². The standard InChI is InChI=1S/C12H18N4O5/c1-8(2)15(6-4-5-9(17)18)11-10(16(19)20)12(21-3)14-7-13-11/h7-8H,4-6H2,1-3H3,(H,17,18). The van der Waals surface area contributed by atoms with E-state index in [1.807, 2.05) is 13.8 Å². The van der Waals surface area contributed by atoms with Gasteiger partial charge in [-0.2, -0.15) is 4.98 Å². The molecule has 0 saturated heterocycles. The van der Waals surface area contributed by atoms with E-state index in [0.29, 0.717) is 13.0 Å². The number of hydrogen-bond donors (Lipinski definition) is 1. The Balaban J connectivity index is 3.13. The van der Waals surface area contributed by atoms with Crippen molar-refractivity contribution in [3.63, 3.8) is 0 Å². The summed E-state index contributed by atoms with van der Waals surface area (Å²) in [6, 6.07) is -0.0860. The number of nitrogens with zero attached hydrogens (tertiary/aromatic N) is 4. The number of nitro groups is 1. The van der Waals surface area contributed by atoms with Crippen LogP contribution in [-0.2, 0) is 4.79 Å². The van der Waals surface area contributed by atoms with Gasteiger partial charge in [0.15, 0.2) is 0 Å². The van der Waals surface area contributed by atoms with Crippen LogP contribution in [0.5, 0.6) is 5.88 Å². The molecule has 9 heteroatoms. The third kappa shape index (κ3) is 4.26. The Morgan fingerprint density at radius 1 is 1.52 bits per heavy atom. The number of ether oxygens (including phenoxy) is 1. The molecule has 0 saturated carbocycles. The van der Waals surface area contributed by atoms with E-state index >= 15 is 0 Å². The third-order valence-corrected chi connectivity index (χ3v) is 2.83. The van der Waals surface area contributed by atoms with Crippen LogP contribution in [0.1, 0.15) is 26.7 Å². The lowest BCUT2D eigenvalue weighted by atomic mass is 10.2. The van der Waals surface area contributed by atoms with Crippen molar-refractivity contribution in [1.29, 1.82) is 0 Å². The molecule has 0 aliphatic carbocycles. The Hall–Kier alpha value is -2.45. The number of carboxylic acids is 1. The molecule has 0 fully saturated rings. The van der Waals surface area contributed by atoms with Crippen LogP contribution in [-0.4, -0.2) is 45.7 Å². The minimum atomic E-state index is -0.909. The van der Waals surface area contributed by atoms with Gasteiger partial charge >= 0.3 is 11.7 Å². The van der Waals surface area contributed by atoms with Crippen molar-refractivity contribution in [3.8, 4) is 5.88 Å². The molecular formula is C12H18N4O5. The first kappa shape index (κ1) is 16.6. The Bertz CT molecular complexity index is 520. The molecule has 0 unspecified atom stereocenters. The summed E-state index contributed by atoms with van der Waals surface area (Å²) in [7, 11) is 1.29. The Labute approximate surface area is 121 Å². The lowest BCUT2D eigenvalue weighted by Crippen LogP contribution is -2.33. The predicted molar refractivity (Wildman–Crippen MR) is 74.6 cm³/mol. The molecule has 0 atom stereocenters. The fraction of sp³-hybridized carbons (Fsp3) is 0.583. The number of methoxy groups -OCH3 is 1. The molecule has 0 spiro atoms. The van der Waals surface area contributed by atoms with Crippen LogP contribution >= 0.6 is 0 Å². The average molecular weight is 298 g/mol. The number of carboxylic acid groups (broad SMARTS) is 1. The van der Waals surface area contributed by atoms with E-state index in [9.17, 15) is 14.9 Å². The molecule has 1 rings (SSSR count). The van der Waals surface area contributed by atoms with Crippen LogP contribution in [0.4, 0.5) is 11.5 Å². The van der Waals surface area contributed by atoms with Crippen molar-refractivity contribution < 1.29 is 19.6 Å². The van der Waals surface area contributed by atoms with Gasteiger partial charge in [0.25, 0.3) is 5.88 Å². The first-order valence-corrected chi connectivity index (χ1v) is 6.40. The molecule has 21 heavy (non-hydrogen) atoms. The highest BCUT2D eigenvalue weighted by Crippen LogP contribution is 2.34. The summed E-state index contributed by atoms with van der Waals surface area (Å²) in [5.41, 5.74) is -0.316. The summed E-state index contributed by atoms with van der Waals surface area (Å²) in [5, 5.41) is 19.9. The highest BCUT2D eigenvalue weighted by atomic mass is 16.6. The van der Waals surface area contributed by atoms with Crippen LogP contribution in [0.15, 0.2) is 6.33 Å². The lowest BCUT2D eigenvalue weighted by Gasteiger charge is -2.27. The van der Waals surface area contributed by atoms with Gasteiger partial charge in [0, 0.05) is 19.0 Å². The monoisotopic (exact) mass is 298 g/mol. The normalized spacial score (nSPS) is 10.5. The number of aromatic nitrogens is 2. The summed E-state index contributed by atoms with van der Waals surface area (Å²) in [4.78, 5) is 30.6. The van der Waals surface area contributed by atoms with Crippen molar-refractivity contribution >= 4 is 17.5 Å². The molecule has 1 aromatic heterocycles. The zero-order chi connectivity index (χ0) is 16.0. The summed E-state index contributed by atoms with van der Waals surface area (Å²) >= 11 is 0. The third-order valence-electron chi connectivity index (χ3n) is 2.83. The minimum Gasteiger partial charge on any atom is -0.481 e. The van der Waals surface area contributed by atoms with Crippen molar-refractivity contribution in [2.45, 2.75) is 32.7 Å². The maximum Gasteiger partial charge on any atom is 0.372 e. The summed E-state index contributed by atoms with van der Waals surface area (Å²) < 4.78 is 4.91. The van der Waals surface area contributed by atoms with E-state index < -0.39 is 10.9 Å². The Kier molecular flexibility index (Phi) is 5.82. The molecular weight excluding hydrogens is 280 g/mol. The molecule has 116 valence electrons. The van der Waals surface area contributed by atoms with Gasteiger partial charge in [-0.1, -0.05) is 0 Å². The molecule has 0 aliphatic rings. The highest BCUT2D eigenvalue weighted by molar-refractivity contribution is 5.67. The zero-order valence-corrected chi connectivity index (χ0v) is 12.1. The SMILES string of the molecule is COc1ncnc(N(CCCC(=O)O)C(C)C)c1[N+](=O)[O-]. The van der Waals surface area contributed by atoms with Crippen LogP contribution < -0.4 is 9.64 Å². The Morgan fingerprint density at radius 2 is 2.19 bits per heavy atom. The van der Waals surface area contributed by atoms with Crippen LogP contribution in [0.25, 0.3) is 0 Å². The second kappa shape index (κ2) is 7.36. The molecule has 0 bridgehead atoms. The smallest absolute Gasteiger partial charge is 0.372 e. The van der Waals surface area contributed by atoms with Crippen molar-refractivity contribution in [2.75, 3.05) is 18.6 Å². The maximum absolute atomic E-state index is 11.2. The molecule has 0 amide bonds. The number of carbonyl (C=O) groups is 1. The topological polar surface area (TPSA) is 119 Å². The van der Waals surface area contributed by atoms with E-state index in [-0.39, 0.29) is 29.8 Å². The van der Waals surface area contributed by atoms with Gasteiger partial charge in [-0.05, 0) is 20.3 Å². The first-order valence-electron chi connectivity index (χ1n) is 6.40. The largest absolute Gasteiger partial charge is 0.481 e. The van der Waals surface area contributed by atoms with Gasteiger partial charge in [-0.3, -0.25) is 14.9 Å². The van der Waals surface area contributed by atoms with E-state index in [2.05, 4.69) is 9.97 Å². The first-order chi connectivity index (χ1) is 9.88. The maximum atomic E-state index is 11.2. The number of hydrogen-bond acceptors (Lipinski definition) is 7. The minimum absolute atomic E-state index is 0.0146. The second-order valence-corrected chi connectivity index (χ2v) is 4.60. The number of rotatable bonds is 8. The van der Waals surface area contributed by atoms with Gasteiger partial charge < -0.3 is 14.7 Å². The average Bonchev–Trinajstić information content (AvgIpc) is 2.41. The molecule has 1 N–H and O–H groups in total. The van der Waals surface area contributed by atoms with Crippen molar-refractivity contribution in [3.05, 3.63) is 16.4 Å². The van der Waals surface area contributed by atoms with Gasteiger partial charge in [-0.15, -0.1) is 0 Å². The van der Waals surface area contributed by atoms with Crippen LogP contribution in [0.2, 0.25) is 0 Å². The molecule has 9 nitrogen and oxygen atoms in total. The summed E-state index contributed by atoms with van der Waals surface area (Å²) in [6.07, 6.45) is 1.53. The van der Waals surface area contributed by atoms with E-state index in [0.717, 1.165) is 0 Å². The predicted octanol–water partition coefficient (Wildman–Crippen LogP) is 1.47. The summed E-state index contributed by atoms with van der Waals surface area (Å²) in [5.74, 6) is -0.894. The number of aliphatic carboxylic acids is 1.